The summed E-state index contributed by atoms with van der Waals surface area (Å²) >= 11 is 0. The van der Waals surface area contributed by atoms with Crippen molar-refractivity contribution >= 4 is 59.1 Å². The highest BCUT2D eigenvalue weighted by atomic mass is 16.4. The Balaban J connectivity index is 3.08. The van der Waals surface area contributed by atoms with Gasteiger partial charge >= 0.3 is 5.97 Å². The van der Waals surface area contributed by atoms with Gasteiger partial charge in [0.2, 0.25) is 53.2 Å². The van der Waals surface area contributed by atoms with Gasteiger partial charge in [-0.3, -0.25) is 43.2 Å². The van der Waals surface area contributed by atoms with Crippen LogP contribution in [0.4, 0.5) is 0 Å². The van der Waals surface area contributed by atoms with Crippen molar-refractivity contribution in [2.45, 2.75) is 156 Å². The Labute approximate surface area is 369 Å². The highest BCUT2D eigenvalue weighted by Gasteiger charge is 2.40. The first-order valence-corrected chi connectivity index (χ1v) is 21.6. The van der Waals surface area contributed by atoms with E-state index in [2.05, 4.69) is 37.2 Å². The van der Waals surface area contributed by atoms with Crippen molar-refractivity contribution in [3.05, 3.63) is 0 Å². The number of nitrogens with zero attached hydrogens (tertiary/aromatic N) is 1. The minimum atomic E-state index is -1.50. The van der Waals surface area contributed by atoms with Crippen molar-refractivity contribution in [3.8, 4) is 0 Å². The van der Waals surface area contributed by atoms with Crippen molar-refractivity contribution in [2.24, 2.45) is 35.1 Å². The van der Waals surface area contributed by atoms with E-state index < -0.39 is 127 Å². The number of rotatable bonds is 27. The monoisotopic (exact) mass is 897 g/mol. The quantitative estimate of drug-likeness (QED) is 0.0406. The first-order chi connectivity index (χ1) is 29.3. The molecule has 22 nitrogen and oxygen atoms in total. The van der Waals surface area contributed by atoms with Gasteiger partial charge in [0.05, 0.1) is 19.2 Å². The fourth-order valence-electron chi connectivity index (χ4n) is 6.76. The van der Waals surface area contributed by atoms with Crippen LogP contribution < -0.4 is 48.7 Å². The Morgan fingerprint density at radius 1 is 0.651 bits per heavy atom. The Morgan fingerprint density at radius 2 is 1.14 bits per heavy atom. The minimum absolute atomic E-state index is 0.0518. The molecule has 0 aromatic rings. The summed E-state index contributed by atoms with van der Waals surface area (Å²) in [7, 11) is 0. The van der Waals surface area contributed by atoms with Gasteiger partial charge in [0.15, 0.2) is 0 Å². The van der Waals surface area contributed by atoms with Crippen molar-refractivity contribution < 1.29 is 58.2 Å². The number of carbonyl (C=O) groups is 10. The molecule has 1 rings (SSSR count). The minimum Gasteiger partial charge on any atom is -0.480 e. The predicted octanol–water partition coefficient (Wildman–Crippen LogP) is -2.51. The van der Waals surface area contributed by atoms with E-state index in [1.165, 1.54) is 11.8 Å². The summed E-state index contributed by atoms with van der Waals surface area (Å²) in [6.45, 7) is 14.1. The summed E-state index contributed by atoms with van der Waals surface area (Å²) in [6, 6.07) is -9.49. The van der Waals surface area contributed by atoms with Crippen LogP contribution in [-0.2, 0) is 47.9 Å². The molecule has 0 unspecified atom stereocenters. The molecule has 1 heterocycles. The summed E-state index contributed by atoms with van der Waals surface area (Å²) < 4.78 is 0. The van der Waals surface area contributed by atoms with Crippen molar-refractivity contribution in [1.82, 2.24) is 42.1 Å². The molecule has 1 saturated heterocycles. The molecule has 0 saturated carbocycles. The number of likely N-dealkylation sites (tertiary alicyclic amines) is 1. The van der Waals surface area contributed by atoms with Gasteiger partial charge in [0.1, 0.15) is 42.3 Å². The summed E-state index contributed by atoms with van der Waals surface area (Å²) in [5, 5.41) is 37.2. The zero-order valence-electron chi connectivity index (χ0n) is 38.1. The van der Waals surface area contributed by atoms with E-state index in [1.54, 1.807) is 27.7 Å². The Morgan fingerprint density at radius 3 is 1.62 bits per heavy atom. The van der Waals surface area contributed by atoms with Gasteiger partial charge in [0, 0.05) is 13.0 Å². The number of aliphatic carboxylic acids is 1. The first kappa shape index (κ1) is 55.6. The molecular weight excluding hydrogens is 825 g/mol. The summed E-state index contributed by atoms with van der Waals surface area (Å²) in [5.41, 5.74) is 11.0. The summed E-state index contributed by atoms with van der Waals surface area (Å²) in [6.07, 6.45) is 0.824. The van der Waals surface area contributed by atoms with Crippen LogP contribution in [0.3, 0.4) is 0 Å². The van der Waals surface area contributed by atoms with Crippen LogP contribution in [0, 0.1) is 23.7 Å². The van der Waals surface area contributed by atoms with Gasteiger partial charge in [-0.1, -0.05) is 55.4 Å². The van der Waals surface area contributed by atoms with E-state index in [9.17, 15) is 58.2 Å². The molecule has 22 heteroatoms. The Hall–Kier alpha value is -5.38. The lowest BCUT2D eigenvalue weighted by molar-refractivity contribution is -0.143. The molecule has 63 heavy (non-hydrogen) atoms. The molecule has 1 aliphatic rings. The van der Waals surface area contributed by atoms with Crippen LogP contribution in [0.5, 0.6) is 0 Å². The normalized spacial score (nSPS) is 17.1. The topological polar surface area (TPSA) is 351 Å². The lowest BCUT2D eigenvalue weighted by Crippen LogP contribution is -2.60. The van der Waals surface area contributed by atoms with E-state index in [0.717, 1.165) is 0 Å². The number of primary amides is 1. The highest BCUT2D eigenvalue weighted by molar-refractivity contribution is 5.98. The Bertz CT molecular complexity index is 1620. The van der Waals surface area contributed by atoms with Crippen LogP contribution in [-0.4, -0.2) is 142 Å². The molecule has 358 valence electrons. The number of aliphatic hydroxyl groups excluding tert-OH is 1. The zero-order chi connectivity index (χ0) is 48.3. The molecule has 8 atom stereocenters. The maximum Gasteiger partial charge on any atom is 0.326 e. The third-order valence-corrected chi connectivity index (χ3v) is 10.1. The van der Waals surface area contributed by atoms with E-state index in [-0.39, 0.29) is 62.8 Å². The zero-order valence-corrected chi connectivity index (χ0v) is 38.1. The number of carboxylic acids is 1. The molecule has 0 aromatic carbocycles. The number of amides is 9. The average molecular weight is 897 g/mol. The highest BCUT2D eigenvalue weighted by Crippen LogP contribution is 2.20. The average Bonchev–Trinajstić information content (AvgIpc) is 3.68. The maximum atomic E-state index is 13.8. The molecule has 0 spiro atoms. The molecule has 0 aromatic heterocycles. The number of hydrogen-bond acceptors (Lipinski definition) is 12. The molecule has 0 aliphatic carbocycles. The van der Waals surface area contributed by atoms with Crippen LogP contribution in [0.15, 0.2) is 0 Å². The molecule has 9 amide bonds. The number of nitrogens with two attached hydrogens (primary N) is 2. The van der Waals surface area contributed by atoms with Gasteiger partial charge in [-0.15, -0.1) is 0 Å². The summed E-state index contributed by atoms with van der Waals surface area (Å²) in [5.74, 6) is -8.48. The van der Waals surface area contributed by atoms with Crippen molar-refractivity contribution in [1.29, 1.82) is 0 Å². The SMILES string of the molecule is CC(C)C[C@H](NC(=O)[C@H](CC(C)C)NC(=O)[C@@H]1CCCN1C(=O)[C@H](CO)NC(=O)[C@H](CC(C)C)NC(=O)[C@@H](N)CCC(N)=O)C(=O)NCC(=O)N[C@@H](C)C(=O)N[C@H](C(=O)O)C(C)C. The first-order valence-electron chi connectivity index (χ1n) is 21.6. The molecule has 1 fully saturated rings. The second-order valence-corrected chi connectivity index (χ2v) is 17.7. The van der Waals surface area contributed by atoms with Crippen LogP contribution >= 0.6 is 0 Å². The number of nitrogens with one attached hydrogen (secondary N) is 7. The van der Waals surface area contributed by atoms with E-state index >= 15 is 0 Å². The van der Waals surface area contributed by atoms with Crippen LogP contribution in [0.2, 0.25) is 0 Å². The lowest BCUT2D eigenvalue weighted by Gasteiger charge is -2.31. The van der Waals surface area contributed by atoms with Crippen LogP contribution in [0.1, 0.15) is 107 Å². The second kappa shape index (κ2) is 26.9. The number of aliphatic hydroxyl groups is 1. The van der Waals surface area contributed by atoms with Crippen LogP contribution in [0.25, 0.3) is 0 Å². The standard InChI is InChI=1S/C41H72N10O12/c1-20(2)15-26(36(57)44-18-32(54)45-24(9)34(55)50-33(23(7)8)41(62)63)47-37(58)28(17-22(5)6)48-39(60)30-11-10-14-51(30)40(61)29(19-52)49-38(59)27(16-21(3)4)46-35(56)25(42)12-13-31(43)53/h20-30,33,52H,10-19,42H2,1-9H3,(H2,43,53)(H,44,57)(H,45,54)(H,46,56)(H,47,58)(H,48,60)(H,49,59)(H,50,55)(H,62,63)/t24-,25-,26-,27-,28-,29-,30-,33-/m0/s1. The van der Waals surface area contributed by atoms with Crippen molar-refractivity contribution in [3.63, 3.8) is 0 Å². The molecular formula is C41H72N10O12. The molecule has 1 aliphatic heterocycles. The van der Waals surface area contributed by atoms with E-state index in [0.29, 0.717) is 6.42 Å². The third kappa shape index (κ3) is 19.7. The fraction of sp³-hybridized carbons (Fsp3) is 0.756. The smallest absolute Gasteiger partial charge is 0.326 e. The van der Waals surface area contributed by atoms with E-state index in [4.69, 9.17) is 11.5 Å². The molecule has 13 N–H and O–H groups in total. The third-order valence-electron chi connectivity index (χ3n) is 10.1. The predicted molar refractivity (Wildman–Crippen MR) is 229 cm³/mol. The number of carboxylic acid groups (broad SMARTS) is 1. The molecule has 0 radical (unpaired) electrons. The second-order valence-electron chi connectivity index (χ2n) is 17.7. The lowest BCUT2D eigenvalue weighted by atomic mass is 9.99. The van der Waals surface area contributed by atoms with Gasteiger partial charge in [-0.05, 0) is 69.1 Å². The van der Waals surface area contributed by atoms with Crippen molar-refractivity contribution in [2.75, 3.05) is 19.7 Å². The van der Waals surface area contributed by atoms with Gasteiger partial charge in [0.25, 0.3) is 0 Å². The maximum absolute atomic E-state index is 13.8. The number of carbonyl (C=O) groups excluding carboxylic acids is 9. The largest absolute Gasteiger partial charge is 0.480 e. The molecule has 0 bridgehead atoms. The van der Waals surface area contributed by atoms with E-state index in [1.807, 2.05) is 27.7 Å². The number of hydrogen-bond donors (Lipinski definition) is 11. The summed E-state index contributed by atoms with van der Waals surface area (Å²) in [4.78, 5) is 130. The van der Waals surface area contributed by atoms with Gasteiger partial charge < -0.3 is 63.8 Å². The van der Waals surface area contributed by atoms with Gasteiger partial charge in [-0.2, -0.15) is 0 Å². The van der Waals surface area contributed by atoms with Gasteiger partial charge in [-0.25, -0.2) is 4.79 Å². The fourth-order valence-corrected chi connectivity index (χ4v) is 6.76. The Kier molecular flexibility index (Phi) is 23.8.